The van der Waals surface area contributed by atoms with E-state index in [2.05, 4.69) is 5.32 Å². The third-order valence-electron chi connectivity index (χ3n) is 2.24. The molecular formula is C10H16N2O2S. The highest BCUT2D eigenvalue weighted by molar-refractivity contribution is 7.09. The molecule has 2 amide bonds. The van der Waals surface area contributed by atoms with Crippen LogP contribution in [-0.4, -0.2) is 35.7 Å². The summed E-state index contributed by atoms with van der Waals surface area (Å²) in [5.74, 6) is 0. The predicted molar refractivity (Wildman–Crippen MR) is 60.9 cm³/mol. The highest BCUT2D eigenvalue weighted by Crippen LogP contribution is 2.07. The van der Waals surface area contributed by atoms with Crippen molar-refractivity contribution in [2.24, 2.45) is 0 Å². The maximum atomic E-state index is 11.5. The number of hydrogen-bond acceptors (Lipinski definition) is 3. The molecule has 1 unspecified atom stereocenters. The summed E-state index contributed by atoms with van der Waals surface area (Å²) in [4.78, 5) is 14.2. The molecule has 0 aliphatic carbocycles. The van der Waals surface area contributed by atoms with Crippen molar-refractivity contribution >= 4 is 17.4 Å². The maximum absolute atomic E-state index is 11.5. The molecule has 0 aliphatic rings. The number of urea groups is 1. The first kappa shape index (κ1) is 12.0. The lowest BCUT2D eigenvalue weighted by molar-refractivity contribution is 0.157. The Morgan fingerprint density at radius 1 is 1.73 bits per heavy atom. The van der Waals surface area contributed by atoms with Crippen molar-refractivity contribution in [2.75, 3.05) is 13.7 Å². The summed E-state index contributed by atoms with van der Waals surface area (Å²) in [7, 11) is 1.67. The molecule has 0 spiro atoms. The number of aliphatic hydroxyl groups is 1. The van der Waals surface area contributed by atoms with Crippen LogP contribution in [0, 0.1) is 0 Å². The van der Waals surface area contributed by atoms with Crippen LogP contribution >= 0.6 is 11.3 Å². The lowest BCUT2D eigenvalue weighted by Gasteiger charge is -2.23. The molecule has 0 aliphatic heterocycles. The van der Waals surface area contributed by atoms with Crippen LogP contribution in [0.15, 0.2) is 17.5 Å². The van der Waals surface area contributed by atoms with E-state index in [9.17, 15) is 4.79 Å². The summed E-state index contributed by atoms with van der Waals surface area (Å²) in [5.41, 5.74) is 0. The SMILES string of the molecule is CC(CO)N(C)C(=O)NCc1cccs1. The molecular weight excluding hydrogens is 212 g/mol. The van der Waals surface area contributed by atoms with Gasteiger partial charge in [0.05, 0.1) is 19.2 Å². The number of nitrogens with one attached hydrogen (secondary N) is 1. The molecule has 1 aromatic rings. The van der Waals surface area contributed by atoms with Gasteiger partial charge in [-0.05, 0) is 18.4 Å². The lowest BCUT2D eigenvalue weighted by atomic mass is 10.3. The lowest BCUT2D eigenvalue weighted by Crippen LogP contribution is -2.43. The zero-order valence-electron chi connectivity index (χ0n) is 8.93. The predicted octanol–water partition coefficient (Wildman–Crippen LogP) is 1.27. The molecule has 1 rings (SSSR count). The molecule has 4 nitrogen and oxygen atoms in total. The number of carbonyl (C=O) groups is 1. The molecule has 1 heterocycles. The summed E-state index contributed by atoms with van der Waals surface area (Å²) in [6.07, 6.45) is 0. The Hall–Kier alpha value is -1.07. The van der Waals surface area contributed by atoms with Crippen LogP contribution in [-0.2, 0) is 6.54 Å². The number of rotatable bonds is 4. The van der Waals surface area contributed by atoms with Gasteiger partial charge in [0.1, 0.15) is 0 Å². The molecule has 0 saturated carbocycles. The second-order valence-corrected chi connectivity index (χ2v) is 4.41. The summed E-state index contributed by atoms with van der Waals surface area (Å²) in [6, 6.07) is 3.60. The zero-order chi connectivity index (χ0) is 11.3. The van der Waals surface area contributed by atoms with Crippen LogP contribution in [0.1, 0.15) is 11.8 Å². The van der Waals surface area contributed by atoms with E-state index in [0.717, 1.165) is 4.88 Å². The summed E-state index contributed by atoms with van der Waals surface area (Å²) in [5, 5.41) is 13.6. The molecule has 0 aromatic carbocycles. The fourth-order valence-electron chi connectivity index (χ4n) is 1.02. The van der Waals surface area contributed by atoms with E-state index in [4.69, 9.17) is 5.11 Å². The monoisotopic (exact) mass is 228 g/mol. The number of nitrogens with zero attached hydrogens (tertiary/aromatic N) is 1. The second-order valence-electron chi connectivity index (χ2n) is 3.38. The van der Waals surface area contributed by atoms with Crippen molar-refractivity contribution < 1.29 is 9.90 Å². The fourth-order valence-corrected chi connectivity index (χ4v) is 1.67. The number of carbonyl (C=O) groups excluding carboxylic acids is 1. The van der Waals surface area contributed by atoms with Gasteiger partial charge in [-0.25, -0.2) is 4.79 Å². The van der Waals surface area contributed by atoms with E-state index in [1.807, 2.05) is 17.5 Å². The van der Waals surface area contributed by atoms with Crippen molar-refractivity contribution in [2.45, 2.75) is 19.5 Å². The summed E-state index contributed by atoms with van der Waals surface area (Å²) in [6.45, 7) is 2.31. The molecule has 5 heteroatoms. The van der Waals surface area contributed by atoms with Gasteiger partial charge in [0.2, 0.25) is 0 Å². The van der Waals surface area contributed by atoms with Gasteiger partial charge in [-0.15, -0.1) is 11.3 Å². The van der Waals surface area contributed by atoms with E-state index in [0.29, 0.717) is 6.54 Å². The Labute approximate surface area is 93.5 Å². The van der Waals surface area contributed by atoms with Gasteiger partial charge in [-0.3, -0.25) is 0 Å². The number of hydrogen-bond donors (Lipinski definition) is 2. The van der Waals surface area contributed by atoms with Crippen molar-refractivity contribution in [3.05, 3.63) is 22.4 Å². The normalized spacial score (nSPS) is 12.2. The van der Waals surface area contributed by atoms with Crippen LogP contribution in [0.25, 0.3) is 0 Å². The van der Waals surface area contributed by atoms with Gasteiger partial charge in [-0.1, -0.05) is 6.07 Å². The van der Waals surface area contributed by atoms with Gasteiger partial charge in [0.25, 0.3) is 0 Å². The number of likely N-dealkylation sites (N-methyl/N-ethyl adjacent to an activating group) is 1. The van der Waals surface area contributed by atoms with Crippen LogP contribution in [0.4, 0.5) is 4.79 Å². The third-order valence-corrected chi connectivity index (χ3v) is 3.12. The molecule has 1 atom stereocenters. The highest BCUT2D eigenvalue weighted by Gasteiger charge is 2.13. The molecule has 15 heavy (non-hydrogen) atoms. The quantitative estimate of drug-likeness (QED) is 0.815. The van der Waals surface area contributed by atoms with E-state index >= 15 is 0 Å². The van der Waals surface area contributed by atoms with Crippen LogP contribution in [0.2, 0.25) is 0 Å². The molecule has 0 bridgehead atoms. The maximum Gasteiger partial charge on any atom is 0.317 e. The molecule has 1 aromatic heterocycles. The Bertz CT molecular complexity index is 300. The fraction of sp³-hybridized carbons (Fsp3) is 0.500. The largest absolute Gasteiger partial charge is 0.394 e. The third kappa shape index (κ3) is 3.53. The minimum Gasteiger partial charge on any atom is -0.394 e. The van der Waals surface area contributed by atoms with Gasteiger partial charge in [0.15, 0.2) is 0 Å². The van der Waals surface area contributed by atoms with E-state index in [-0.39, 0.29) is 18.7 Å². The Morgan fingerprint density at radius 3 is 3.00 bits per heavy atom. The first-order valence-corrected chi connectivity index (χ1v) is 5.67. The standard InChI is InChI=1S/C10H16N2O2S/c1-8(7-13)12(2)10(14)11-6-9-4-3-5-15-9/h3-5,8,13H,6-7H2,1-2H3,(H,11,14). The molecule has 0 fully saturated rings. The minimum atomic E-state index is -0.162. The van der Waals surface area contributed by atoms with Crippen molar-refractivity contribution in [1.82, 2.24) is 10.2 Å². The Balaban J connectivity index is 2.36. The van der Waals surface area contributed by atoms with E-state index in [1.54, 1.807) is 25.3 Å². The topological polar surface area (TPSA) is 52.6 Å². The number of aliphatic hydroxyl groups excluding tert-OH is 1. The van der Waals surface area contributed by atoms with Crippen molar-refractivity contribution in [3.63, 3.8) is 0 Å². The van der Waals surface area contributed by atoms with Crippen LogP contribution in [0.3, 0.4) is 0 Å². The first-order valence-electron chi connectivity index (χ1n) is 4.79. The molecule has 0 radical (unpaired) electrons. The first-order chi connectivity index (χ1) is 7.15. The smallest absolute Gasteiger partial charge is 0.317 e. The molecule has 84 valence electrons. The second kappa shape index (κ2) is 5.72. The Kier molecular flexibility index (Phi) is 4.58. The minimum absolute atomic E-state index is 0.0249. The summed E-state index contributed by atoms with van der Waals surface area (Å²) < 4.78 is 0. The highest BCUT2D eigenvalue weighted by atomic mass is 32.1. The van der Waals surface area contributed by atoms with Gasteiger partial charge in [0, 0.05) is 11.9 Å². The van der Waals surface area contributed by atoms with Crippen LogP contribution < -0.4 is 5.32 Å². The van der Waals surface area contributed by atoms with Crippen LogP contribution in [0.5, 0.6) is 0 Å². The average molecular weight is 228 g/mol. The molecule has 2 N–H and O–H groups in total. The van der Waals surface area contributed by atoms with Gasteiger partial charge in [-0.2, -0.15) is 0 Å². The number of amides is 2. The van der Waals surface area contributed by atoms with Gasteiger partial charge >= 0.3 is 6.03 Å². The molecule has 0 saturated heterocycles. The van der Waals surface area contributed by atoms with E-state index < -0.39 is 0 Å². The average Bonchev–Trinajstić information content (AvgIpc) is 2.76. The number of thiophene rings is 1. The van der Waals surface area contributed by atoms with E-state index in [1.165, 1.54) is 4.90 Å². The zero-order valence-corrected chi connectivity index (χ0v) is 9.75. The van der Waals surface area contributed by atoms with Crippen molar-refractivity contribution in [1.29, 1.82) is 0 Å². The summed E-state index contributed by atoms with van der Waals surface area (Å²) >= 11 is 1.61. The van der Waals surface area contributed by atoms with Crippen molar-refractivity contribution in [3.8, 4) is 0 Å². The van der Waals surface area contributed by atoms with Gasteiger partial charge < -0.3 is 15.3 Å². The Morgan fingerprint density at radius 2 is 2.47 bits per heavy atom.